The van der Waals surface area contributed by atoms with Crippen molar-refractivity contribution < 1.29 is 9.18 Å². The lowest BCUT2D eigenvalue weighted by molar-refractivity contribution is 0.0934. The van der Waals surface area contributed by atoms with E-state index in [1.165, 1.54) is 18.2 Å². The van der Waals surface area contributed by atoms with Crippen LogP contribution in [-0.4, -0.2) is 21.0 Å². The zero-order valence-corrected chi connectivity index (χ0v) is 15.7. The molecule has 1 amide bonds. The number of rotatable bonds is 4. The molecule has 0 saturated carbocycles. The Balaban J connectivity index is 2.05. The summed E-state index contributed by atoms with van der Waals surface area (Å²) in [6, 6.07) is 14.1. The summed E-state index contributed by atoms with van der Waals surface area (Å²) < 4.78 is 11.3. The highest BCUT2D eigenvalue weighted by Gasteiger charge is 2.34. The molecule has 0 aliphatic rings. The molecule has 0 bridgehead atoms. The molecule has 1 atom stereocenters. The van der Waals surface area contributed by atoms with Crippen LogP contribution in [0.1, 0.15) is 10.4 Å². The van der Waals surface area contributed by atoms with Gasteiger partial charge in [-0.15, -0.1) is 0 Å². The molecule has 3 N–H and O–H groups in total. The van der Waals surface area contributed by atoms with Gasteiger partial charge in [-0.25, -0.2) is 4.39 Å². The second-order valence-electron chi connectivity index (χ2n) is 4.92. The number of carbonyl (C=O) groups excluding carboxylic acids is 1. The maximum atomic E-state index is 13.2. The van der Waals surface area contributed by atoms with Crippen LogP contribution in [0.4, 0.5) is 10.1 Å². The summed E-state index contributed by atoms with van der Waals surface area (Å²) in [7, 11) is 0. The molecule has 0 aromatic heterocycles. The quantitative estimate of drug-likeness (QED) is 0.393. The van der Waals surface area contributed by atoms with Gasteiger partial charge in [0, 0.05) is 11.3 Å². The minimum Gasteiger partial charge on any atom is -0.339 e. The zero-order valence-electron chi connectivity index (χ0n) is 12.6. The Morgan fingerprint density at radius 2 is 1.72 bits per heavy atom. The molecule has 2 rings (SSSR count). The molecule has 0 fully saturated rings. The summed E-state index contributed by atoms with van der Waals surface area (Å²) in [5.74, 6) is -0.874. The van der Waals surface area contributed by atoms with Gasteiger partial charge in [0.1, 0.15) is 12.0 Å². The van der Waals surface area contributed by atoms with Gasteiger partial charge >= 0.3 is 0 Å². The van der Waals surface area contributed by atoms with E-state index in [9.17, 15) is 9.18 Å². The third-order valence-electron chi connectivity index (χ3n) is 3.00. The summed E-state index contributed by atoms with van der Waals surface area (Å²) in [5, 5.41) is 8.05. The lowest BCUT2D eigenvalue weighted by atomic mass is 10.2. The summed E-state index contributed by atoms with van der Waals surface area (Å²) in [5.41, 5.74) is 0.808. The maximum Gasteiger partial charge on any atom is 0.252 e. The molecule has 0 saturated heterocycles. The van der Waals surface area contributed by atoms with E-state index in [-0.39, 0.29) is 5.11 Å². The van der Waals surface area contributed by atoms with Crippen molar-refractivity contribution in [3.8, 4) is 0 Å². The molecule has 0 aliphatic heterocycles. The molecule has 2 aromatic rings. The summed E-state index contributed by atoms with van der Waals surface area (Å²) in [4.78, 5) is 12.2. The van der Waals surface area contributed by atoms with Gasteiger partial charge in [-0.2, -0.15) is 0 Å². The number of hydrogen-bond acceptors (Lipinski definition) is 2. The summed E-state index contributed by atoms with van der Waals surface area (Å²) in [6.07, 6.45) is -1.11. The van der Waals surface area contributed by atoms with E-state index in [1.807, 2.05) is 0 Å². The Morgan fingerprint density at radius 3 is 2.32 bits per heavy atom. The predicted molar refractivity (Wildman–Crippen MR) is 104 cm³/mol. The van der Waals surface area contributed by atoms with Crippen LogP contribution in [-0.2, 0) is 0 Å². The van der Waals surface area contributed by atoms with Gasteiger partial charge in [-0.1, -0.05) is 59.1 Å². The number of alkyl halides is 3. The van der Waals surface area contributed by atoms with Crippen molar-refractivity contribution in [1.82, 2.24) is 10.6 Å². The Labute approximate surface area is 164 Å². The molecule has 0 heterocycles. The van der Waals surface area contributed by atoms with Crippen LogP contribution in [0.25, 0.3) is 0 Å². The number of nitrogens with one attached hydrogen (secondary N) is 3. The lowest BCUT2D eigenvalue weighted by Crippen LogP contribution is -2.56. The van der Waals surface area contributed by atoms with Crippen molar-refractivity contribution in [3.63, 3.8) is 0 Å². The topological polar surface area (TPSA) is 53.2 Å². The second kappa shape index (κ2) is 8.67. The number of halogens is 4. The lowest BCUT2D eigenvalue weighted by Gasteiger charge is -2.27. The average Bonchev–Trinajstić information content (AvgIpc) is 2.54. The minimum absolute atomic E-state index is 0.0512. The molecule has 0 spiro atoms. The van der Waals surface area contributed by atoms with Crippen LogP contribution < -0.4 is 16.0 Å². The van der Waals surface area contributed by atoms with E-state index in [0.717, 1.165) is 0 Å². The van der Waals surface area contributed by atoms with Gasteiger partial charge in [0.05, 0.1) is 0 Å². The van der Waals surface area contributed by atoms with Crippen LogP contribution in [0.2, 0.25) is 0 Å². The van der Waals surface area contributed by atoms with Crippen molar-refractivity contribution >= 4 is 63.7 Å². The van der Waals surface area contributed by atoms with Gasteiger partial charge < -0.3 is 16.0 Å². The van der Waals surface area contributed by atoms with Crippen molar-refractivity contribution in [2.75, 3.05) is 5.32 Å². The van der Waals surface area contributed by atoms with Crippen LogP contribution in [0, 0.1) is 5.82 Å². The monoisotopic (exact) mass is 419 g/mol. The highest BCUT2D eigenvalue weighted by molar-refractivity contribution is 7.80. The van der Waals surface area contributed by atoms with E-state index < -0.39 is 21.7 Å². The average molecular weight is 421 g/mol. The van der Waals surface area contributed by atoms with Crippen LogP contribution >= 0.6 is 47.0 Å². The van der Waals surface area contributed by atoms with Gasteiger partial charge in [0.25, 0.3) is 5.91 Å². The highest BCUT2D eigenvalue weighted by Crippen LogP contribution is 2.29. The predicted octanol–water partition coefficient (Wildman–Crippen LogP) is 4.24. The third-order valence-corrected chi connectivity index (χ3v) is 3.87. The van der Waals surface area contributed by atoms with Gasteiger partial charge in [-0.3, -0.25) is 4.79 Å². The number of anilines is 1. The first kappa shape index (κ1) is 19.7. The van der Waals surface area contributed by atoms with Crippen molar-refractivity contribution in [2.24, 2.45) is 0 Å². The molecule has 4 nitrogen and oxygen atoms in total. The second-order valence-corrected chi connectivity index (χ2v) is 7.70. The van der Waals surface area contributed by atoms with Crippen LogP contribution in [0.3, 0.4) is 0 Å². The normalized spacial score (nSPS) is 12.2. The number of hydrogen-bond donors (Lipinski definition) is 3. The third kappa shape index (κ3) is 6.32. The summed E-state index contributed by atoms with van der Waals surface area (Å²) in [6.45, 7) is 0. The Bertz CT molecular complexity index is 756. The highest BCUT2D eigenvalue weighted by atomic mass is 35.6. The van der Waals surface area contributed by atoms with E-state index in [2.05, 4.69) is 16.0 Å². The largest absolute Gasteiger partial charge is 0.339 e. The molecular formula is C16H13Cl3FN3OS. The van der Waals surface area contributed by atoms with E-state index in [4.69, 9.17) is 47.0 Å². The first-order valence-corrected chi connectivity index (χ1v) is 8.55. The standard InChI is InChI=1S/C16H13Cl3FN3OS/c17-16(18,19)14(22-13(24)10-5-2-1-3-6-10)23-15(25)21-12-8-4-7-11(20)9-12/h1-9,14H,(H,22,24)(H2,21,23,25)/t14-/m0/s1. The Morgan fingerprint density at radius 1 is 1.04 bits per heavy atom. The number of amides is 1. The number of thiocarbonyl (C=S) groups is 1. The van der Waals surface area contributed by atoms with Crippen LogP contribution in [0.15, 0.2) is 54.6 Å². The Hall–Kier alpha value is -1.60. The van der Waals surface area contributed by atoms with E-state index in [1.54, 1.807) is 36.4 Å². The van der Waals surface area contributed by atoms with Gasteiger partial charge in [0.2, 0.25) is 3.79 Å². The summed E-state index contributed by atoms with van der Waals surface area (Å²) >= 11 is 22.8. The van der Waals surface area contributed by atoms with Crippen molar-refractivity contribution in [1.29, 1.82) is 0 Å². The molecule has 0 unspecified atom stereocenters. The fraction of sp³-hybridized carbons (Fsp3) is 0.125. The minimum atomic E-state index is -1.88. The maximum absolute atomic E-state index is 13.2. The molecule has 9 heteroatoms. The molecule has 0 aliphatic carbocycles. The molecule has 2 aromatic carbocycles. The van der Waals surface area contributed by atoms with E-state index >= 15 is 0 Å². The molecule has 132 valence electrons. The van der Waals surface area contributed by atoms with Gasteiger partial charge in [-0.05, 0) is 42.5 Å². The SMILES string of the molecule is O=C(N[C@@H](NC(=S)Nc1cccc(F)c1)C(Cl)(Cl)Cl)c1ccccc1. The fourth-order valence-electron chi connectivity index (χ4n) is 1.87. The molecular weight excluding hydrogens is 408 g/mol. The van der Waals surface area contributed by atoms with Gasteiger partial charge in [0.15, 0.2) is 5.11 Å². The van der Waals surface area contributed by atoms with Crippen LogP contribution in [0.5, 0.6) is 0 Å². The number of benzene rings is 2. The van der Waals surface area contributed by atoms with E-state index in [0.29, 0.717) is 11.3 Å². The first-order valence-electron chi connectivity index (χ1n) is 7.01. The van der Waals surface area contributed by atoms with Crippen molar-refractivity contribution in [3.05, 3.63) is 66.0 Å². The smallest absolute Gasteiger partial charge is 0.252 e. The molecule has 0 radical (unpaired) electrons. The zero-order chi connectivity index (χ0) is 18.4. The Kier molecular flexibility index (Phi) is 6.84. The fourth-order valence-corrected chi connectivity index (χ4v) is 2.43. The molecule has 25 heavy (non-hydrogen) atoms. The van der Waals surface area contributed by atoms with Crippen molar-refractivity contribution in [2.45, 2.75) is 9.96 Å². The number of carbonyl (C=O) groups is 1. The first-order chi connectivity index (χ1) is 11.8.